The first-order chi connectivity index (χ1) is 9.13. The molecule has 3 nitrogen and oxygen atoms in total. The highest BCUT2D eigenvalue weighted by atomic mass is 35.5. The summed E-state index contributed by atoms with van der Waals surface area (Å²) in [6.45, 7) is 1.36. The maximum Gasteiger partial charge on any atom is 0.308 e. The molecule has 1 heterocycles. The lowest BCUT2D eigenvalue weighted by atomic mass is 10.2. The first kappa shape index (κ1) is 12.4. The van der Waals surface area contributed by atoms with Crippen molar-refractivity contribution >= 4 is 40.7 Å². The third-order valence-electron chi connectivity index (χ3n) is 2.66. The van der Waals surface area contributed by atoms with E-state index in [4.69, 9.17) is 16.3 Å². The van der Waals surface area contributed by atoms with Crippen LogP contribution in [-0.2, 0) is 4.79 Å². The molecule has 1 aliphatic rings. The molecule has 0 atom stereocenters. The van der Waals surface area contributed by atoms with E-state index < -0.39 is 0 Å². The molecule has 0 amide bonds. The van der Waals surface area contributed by atoms with Gasteiger partial charge in [0, 0.05) is 16.7 Å². The molecular formula is C14H10ClNO2S. The average molecular weight is 292 g/mol. The third kappa shape index (κ3) is 2.41. The van der Waals surface area contributed by atoms with Gasteiger partial charge in [0.05, 0.1) is 16.4 Å². The summed E-state index contributed by atoms with van der Waals surface area (Å²) in [4.78, 5) is 13.1. The van der Waals surface area contributed by atoms with Crippen LogP contribution >= 0.6 is 23.4 Å². The van der Waals surface area contributed by atoms with Crippen molar-refractivity contribution in [2.24, 2.45) is 0 Å². The summed E-state index contributed by atoms with van der Waals surface area (Å²) >= 11 is 7.73. The number of halogens is 1. The summed E-state index contributed by atoms with van der Waals surface area (Å²) < 4.78 is 5.09. The zero-order valence-electron chi connectivity index (χ0n) is 10.1. The number of fused-ring (bicyclic) bond motifs is 2. The van der Waals surface area contributed by atoms with E-state index in [1.807, 2.05) is 24.3 Å². The van der Waals surface area contributed by atoms with Gasteiger partial charge in [-0.2, -0.15) is 0 Å². The summed E-state index contributed by atoms with van der Waals surface area (Å²) in [5.74, 6) is 0.0117. The Balaban J connectivity index is 2.02. The molecule has 5 heteroatoms. The van der Waals surface area contributed by atoms with Crippen LogP contribution in [0.3, 0.4) is 0 Å². The van der Waals surface area contributed by atoms with Gasteiger partial charge in [-0.15, -0.1) is 0 Å². The van der Waals surface area contributed by atoms with E-state index in [1.54, 1.807) is 23.9 Å². The molecule has 0 aliphatic carbocycles. The maximum absolute atomic E-state index is 11.0. The van der Waals surface area contributed by atoms with Crippen LogP contribution in [0.4, 0.5) is 11.4 Å². The second kappa shape index (κ2) is 4.79. The first-order valence-corrected chi connectivity index (χ1v) is 6.89. The lowest BCUT2D eigenvalue weighted by Crippen LogP contribution is -2.04. The lowest BCUT2D eigenvalue weighted by molar-refractivity contribution is -0.131. The van der Waals surface area contributed by atoms with Gasteiger partial charge in [0.1, 0.15) is 0 Å². The third-order valence-corrected chi connectivity index (χ3v) is 4.09. The smallest absolute Gasteiger partial charge is 0.308 e. The topological polar surface area (TPSA) is 38.3 Å². The molecule has 96 valence electrons. The van der Waals surface area contributed by atoms with Crippen molar-refractivity contribution in [2.75, 3.05) is 5.32 Å². The number of para-hydroxylation sites is 1. The SMILES string of the molecule is CC(=O)Oc1cc2c(cc1Cl)Nc1ccccc1S2. The average Bonchev–Trinajstić information content (AvgIpc) is 2.37. The molecule has 0 radical (unpaired) electrons. The summed E-state index contributed by atoms with van der Waals surface area (Å²) in [5.41, 5.74) is 1.97. The van der Waals surface area contributed by atoms with Crippen molar-refractivity contribution in [3.8, 4) is 5.75 Å². The zero-order chi connectivity index (χ0) is 13.4. The van der Waals surface area contributed by atoms with Gasteiger partial charge >= 0.3 is 5.97 Å². The summed E-state index contributed by atoms with van der Waals surface area (Å²) in [6, 6.07) is 11.6. The molecule has 0 fully saturated rings. The summed E-state index contributed by atoms with van der Waals surface area (Å²) in [6.07, 6.45) is 0. The highest BCUT2D eigenvalue weighted by Gasteiger charge is 2.18. The fourth-order valence-electron chi connectivity index (χ4n) is 1.87. The van der Waals surface area contributed by atoms with Crippen molar-refractivity contribution in [1.82, 2.24) is 0 Å². The predicted molar refractivity (Wildman–Crippen MR) is 76.6 cm³/mol. The number of esters is 1. The minimum Gasteiger partial charge on any atom is -0.425 e. The molecule has 1 aliphatic heterocycles. The first-order valence-electron chi connectivity index (χ1n) is 5.69. The Hall–Kier alpha value is -1.65. The normalized spacial score (nSPS) is 12.1. The van der Waals surface area contributed by atoms with E-state index in [0.717, 1.165) is 21.2 Å². The summed E-state index contributed by atoms with van der Waals surface area (Å²) in [5, 5.41) is 3.73. The molecule has 3 rings (SSSR count). The monoisotopic (exact) mass is 291 g/mol. The molecule has 2 aromatic carbocycles. The van der Waals surface area contributed by atoms with E-state index in [0.29, 0.717) is 10.8 Å². The van der Waals surface area contributed by atoms with E-state index >= 15 is 0 Å². The maximum atomic E-state index is 11.0. The van der Waals surface area contributed by atoms with Crippen molar-refractivity contribution in [1.29, 1.82) is 0 Å². The fourth-order valence-corrected chi connectivity index (χ4v) is 3.07. The Labute approximate surface area is 119 Å². The second-order valence-corrected chi connectivity index (χ2v) is 5.59. The number of carbonyl (C=O) groups is 1. The van der Waals surface area contributed by atoms with Gasteiger partial charge in [0.25, 0.3) is 0 Å². The van der Waals surface area contributed by atoms with Crippen molar-refractivity contribution in [3.05, 3.63) is 41.4 Å². The molecule has 2 aromatic rings. The van der Waals surface area contributed by atoms with Gasteiger partial charge in [0.15, 0.2) is 5.75 Å². The van der Waals surface area contributed by atoms with Crippen LogP contribution in [0.15, 0.2) is 46.2 Å². The Kier molecular flexibility index (Phi) is 3.12. The van der Waals surface area contributed by atoms with E-state index in [-0.39, 0.29) is 5.97 Å². The standard InChI is InChI=1S/C14H10ClNO2S/c1-8(17)18-12-7-14-11(6-9(12)15)16-10-4-2-3-5-13(10)19-14/h2-7,16H,1H3. The fraction of sp³-hybridized carbons (Fsp3) is 0.0714. The largest absolute Gasteiger partial charge is 0.425 e. The van der Waals surface area contributed by atoms with Crippen molar-refractivity contribution < 1.29 is 9.53 Å². The number of nitrogens with one attached hydrogen (secondary N) is 1. The van der Waals surface area contributed by atoms with Crippen LogP contribution in [0.2, 0.25) is 5.02 Å². The molecule has 0 spiro atoms. The number of ether oxygens (including phenoxy) is 1. The van der Waals surface area contributed by atoms with Gasteiger partial charge in [-0.3, -0.25) is 4.79 Å². The van der Waals surface area contributed by atoms with Gasteiger partial charge in [-0.1, -0.05) is 35.5 Å². The molecule has 19 heavy (non-hydrogen) atoms. The molecule has 0 saturated heterocycles. The number of benzene rings is 2. The van der Waals surface area contributed by atoms with Gasteiger partial charge < -0.3 is 10.1 Å². The van der Waals surface area contributed by atoms with Crippen molar-refractivity contribution in [2.45, 2.75) is 16.7 Å². The van der Waals surface area contributed by atoms with Crippen LogP contribution in [0.5, 0.6) is 5.75 Å². The minimum atomic E-state index is -0.379. The molecular weight excluding hydrogens is 282 g/mol. The second-order valence-electron chi connectivity index (χ2n) is 4.10. The van der Waals surface area contributed by atoms with Crippen LogP contribution in [0.25, 0.3) is 0 Å². The molecule has 0 aromatic heterocycles. The Morgan fingerprint density at radius 2 is 2.00 bits per heavy atom. The Morgan fingerprint density at radius 3 is 2.79 bits per heavy atom. The quantitative estimate of drug-likeness (QED) is 0.530. The number of anilines is 2. The van der Waals surface area contributed by atoms with Crippen LogP contribution < -0.4 is 10.1 Å². The van der Waals surface area contributed by atoms with Crippen molar-refractivity contribution in [3.63, 3.8) is 0 Å². The van der Waals surface area contributed by atoms with E-state index in [1.165, 1.54) is 6.92 Å². The molecule has 0 saturated carbocycles. The van der Waals surface area contributed by atoms with Gasteiger partial charge in [-0.25, -0.2) is 0 Å². The summed E-state index contributed by atoms with van der Waals surface area (Å²) in [7, 11) is 0. The highest BCUT2D eigenvalue weighted by molar-refractivity contribution is 7.99. The van der Waals surface area contributed by atoms with E-state index in [2.05, 4.69) is 5.32 Å². The number of hydrogen-bond acceptors (Lipinski definition) is 4. The molecule has 0 unspecified atom stereocenters. The van der Waals surface area contributed by atoms with Crippen LogP contribution in [-0.4, -0.2) is 5.97 Å². The highest BCUT2D eigenvalue weighted by Crippen LogP contribution is 2.47. The minimum absolute atomic E-state index is 0.379. The molecule has 0 bridgehead atoms. The zero-order valence-corrected chi connectivity index (χ0v) is 11.6. The Bertz CT molecular complexity index is 672. The predicted octanol–water partition coefficient (Wildman–Crippen LogP) is 4.47. The van der Waals surface area contributed by atoms with Gasteiger partial charge in [0.2, 0.25) is 0 Å². The number of carbonyl (C=O) groups excluding carboxylic acids is 1. The number of hydrogen-bond donors (Lipinski definition) is 1. The lowest BCUT2D eigenvalue weighted by Gasteiger charge is -2.21. The Morgan fingerprint density at radius 1 is 1.21 bits per heavy atom. The van der Waals surface area contributed by atoms with Gasteiger partial charge in [-0.05, 0) is 24.3 Å². The van der Waals surface area contributed by atoms with Crippen LogP contribution in [0.1, 0.15) is 6.92 Å². The van der Waals surface area contributed by atoms with Crippen LogP contribution in [0, 0.1) is 0 Å². The number of rotatable bonds is 1. The molecule has 1 N–H and O–H groups in total. The van der Waals surface area contributed by atoms with E-state index in [9.17, 15) is 4.79 Å².